The molecule has 34 heavy (non-hydrogen) atoms. The second-order valence-electron chi connectivity index (χ2n) is 9.76. The molecule has 2 N–H and O–H groups in total. The first kappa shape index (κ1) is 23.8. The van der Waals surface area contributed by atoms with E-state index in [-0.39, 0.29) is 12.5 Å². The van der Waals surface area contributed by atoms with Gasteiger partial charge < -0.3 is 15.4 Å². The highest BCUT2D eigenvalue weighted by Crippen LogP contribution is 2.44. The summed E-state index contributed by atoms with van der Waals surface area (Å²) in [4.78, 5) is 13.2. The molecule has 0 radical (unpaired) electrons. The van der Waals surface area contributed by atoms with Crippen LogP contribution in [0.4, 0.5) is 0 Å². The number of nitrogens with one attached hydrogen (secondary N) is 2. The van der Waals surface area contributed by atoms with Crippen LogP contribution in [0.1, 0.15) is 53.8 Å². The van der Waals surface area contributed by atoms with Crippen molar-refractivity contribution in [2.24, 2.45) is 11.8 Å². The number of sulfonamides is 1. The van der Waals surface area contributed by atoms with Crippen LogP contribution in [-0.2, 0) is 16.6 Å². The quantitative estimate of drug-likeness (QED) is 0.575. The zero-order valence-electron chi connectivity index (χ0n) is 19.5. The Labute approximate surface area is 205 Å². The lowest BCUT2D eigenvalue weighted by Gasteiger charge is -2.35. The number of hydrogen-bond acceptors (Lipinski definition) is 6. The smallest absolute Gasteiger partial charge is 0.252 e. The van der Waals surface area contributed by atoms with Gasteiger partial charge in [0.05, 0.1) is 13.7 Å². The van der Waals surface area contributed by atoms with E-state index < -0.39 is 10.0 Å². The van der Waals surface area contributed by atoms with Crippen molar-refractivity contribution in [3.63, 3.8) is 0 Å². The molecule has 1 aliphatic heterocycles. The van der Waals surface area contributed by atoms with Crippen molar-refractivity contribution in [1.29, 1.82) is 0 Å². The van der Waals surface area contributed by atoms with Gasteiger partial charge >= 0.3 is 0 Å². The van der Waals surface area contributed by atoms with Gasteiger partial charge in [0.2, 0.25) is 0 Å². The molecule has 0 unspecified atom stereocenters. The monoisotopic (exact) mass is 503 g/mol. The van der Waals surface area contributed by atoms with Gasteiger partial charge in [0.25, 0.3) is 15.9 Å². The molecule has 2 bridgehead atoms. The van der Waals surface area contributed by atoms with Crippen LogP contribution < -0.4 is 15.4 Å². The van der Waals surface area contributed by atoms with E-state index >= 15 is 0 Å². The number of benzene rings is 1. The molecule has 9 heteroatoms. The minimum atomic E-state index is -3.51. The number of fused-ring (bicyclic) bond motifs is 2. The zero-order valence-corrected chi connectivity index (χ0v) is 21.2. The van der Waals surface area contributed by atoms with Crippen LogP contribution in [-0.4, -0.2) is 50.9 Å². The molecule has 1 saturated heterocycles. The molecule has 1 aromatic carbocycles. The van der Waals surface area contributed by atoms with Gasteiger partial charge in [-0.15, -0.1) is 11.3 Å². The average molecular weight is 504 g/mol. The Balaban J connectivity index is 1.13. The maximum Gasteiger partial charge on any atom is 0.252 e. The molecule has 2 heterocycles. The lowest BCUT2D eigenvalue weighted by Crippen LogP contribution is -2.48. The normalized spacial score (nSPS) is 25.5. The number of thiophene rings is 1. The van der Waals surface area contributed by atoms with Gasteiger partial charge in [-0.3, -0.25) is 4.79 Å². The van der Waals surface area contributed by atoms with Crippen molar-refractivity contribution in [2.75, 3.05) is 20.2 Å². The van der Waals surface area contributed by atoms with E-state index in [1.165, 1.54) is 37.0 Å². The summed E-state index contributed by atoms with van der Waals surface area (Å²) in [6.07, 6.45) is 7.16. The van der Waals surface area contributed by atoms with Gasteiger partial charge in [-0.25, -0.2) is 8.42 Å². The van der Waals surface area contributed by atoms with Crippen molar-refractivity contribution < 1.29 is 17.9 Å². The highest BCUT2D eigenvalue weighted by Gasteiger charge is 2.40. The summed E-state index contributed by atoms with van der Waals surface area (Å²) in [6, 6.07) is 11.4. The van der Waals surface area contributed by atoms with Gasteiger partial charge in [-0.1, -0.05) is 12.5 Å². The third-order valence-corrected chi connectivity index (χ3v) is 11.1. The first-order valence-electron chi connectivity index (χ1n) is 12.2. The lowest BCUT2D eigenvalue weighted by atomic mass is 9.93. The van der Waals surface area contributed by atoms with Crippen LogP contribution in [0.5, 0.6) is 5.75 Å². The van der Waals surface area contributed by atoms with Crippen LogP contribution in [0.15, 0.2) is 40.6 Å². The van der Waals surface area contributed by atoms with Gasteiger partial charge in [0.1, 0.15) is 9.96 Å². The molecule has 2 aromatic rings. The van der Waals surface area contributed by atoms with Crippen LogP contribution in [0.25, 0.3) is 0 Å². The van der Waals surface area contributed by atoms with E-state index in [9.17, 15) is 13.2 Å². The number of carbonyl (C=O) groups is 1. The van der Waals surface area contributed by atoms with E-state index in [1.807, 2.05) is 0 Å². The molecule has 184 valence electrons. The second kappa shape index (κ2) is 9.97. The highest BCUT2D eigenvalue weighted by atomic mass is 32.2. The number of rotatable bonds is 8. The Morgan fingerprint density at radius 3 is 2.65 bits per heavy atom. The predicted molar refractivity (Wildman–Crippen MR) is 133 cm³/mol. The molecule has 7 nitrogen and oxygen atoms in total. The molecule has 5 rings (SSSR count). The first-order valence-corrected chi connectivity index (χ1v) is 14.4. The Morgan fingerprint density at radius 1 is 1.12 bits per heavy atom. The molecule has 1 aromatic heterocycles. The molecule has 1 amide bonds. The minimum absolute atomic E-state index is 0.221. The van der Waals surface area contributed by atoms with Crippen molar-refractivity contribution in [3.05, 3.63) is 46.8 Å². The van der Waals surface area contributed by atoms with Crippen LogP contribution >= 0.6 is 11.3 Å². The van der Waals surface area contributed by atoms with E-state index in [4.69, 9.17) is 4.74 Å². The summed E-state index contributed by atoms with van der Waals surface area (Å²) in [6.45, 7) is 1.40. The Morgan fingerprint density at radius 2 is 1.94 bits per heavy atom. The summed E-state index contributed by atoms with van der Waals surface area (Å²) in [5, 5.41) is 6.71. The maximum absolute atomic E-state index is 13.2. The SMILES string of the molecule is COc1cccc(C(=O)NCc2ccc(S(=O)(=O)N3CCC(N[C@@H]4C[C@H]5CC[C@@H]4C5)CC3)s2)c1. The number of methoxy groups -OCH3 is 1. The third-order valence-electron chi connectivity index (χ3n) is 7.63. The Kier molecular flexibility index (Phi) is 6.97. The number of carbonyl (C=O) groups excluding carboxylic acids is 1. The summed E-state index contributed by atoms with van der Waals surface area (Å²) >= 11 is 1.23. The molecule has 2 aliphatic carbocycles. The molecular formula is C25H33N3O4S2. The zero-order chi connectivity index (χ0) is 23.7. The molecule has 0 spiro atoms. The maximum atomic E-state index is 13.2. The van der Waals surface area contributed by atoms with Gasteiger partial charge in [-0.2, -0.15) is 4.31 Å². The number of ether oxygens (including phenoxy) is 1. The fourth-order valence-electron chi connectivity index (χ4n) is 5.77. The van der Waals surface area contributed by atoms with E-state index in [0.717, 1.165) is 29.6 Å². The van der Waals surface area contributed by atoms with Crippen molar-refractivity contribution in [2.45, 2.75) is 61.4 Å². The largest absolute Gasteiger partial charge is 0.497 e. The van der Waals surface area contributed by atoms with Gasteiger partial charge in [-0.05, 0) is 74.3 Å². The molecule has 2 saturated carbocycles. The average Bonchev–Trinajstić information content (AvgIpc) is 3.61. The molecule has 3 atom stereocenters. The summed E-state index contributed by atoms with van der Waals surface area (Å²) in [7, 11) is -1.95. The summed E-state index contributed by atoms with van der Waals surface area (Å²) in [5.41, 5.74) is 0.505. The number of nitrogens with zero attached hydrogens (tertiary/aromatic N) is 1. The first-order chi connectivity index (χ1) is 16.4. The fraction of sp³-hybridized carbons (Fsp3) is 0.560. The third kappa shape index (κ3) is 5.03. The molecular weight excluding hydrogens is 470 g/mol. The standard InChI is InChI=1S/C25H33N3O4S2/c1-32-21-4-2-3-19(15-21)25(29)26-16-22-7-8-24(33-22)34(30,31)28-11-9-20(10-12-28)27-23-14-17-5-6-18(23)13-17/h2-4,7-8,15,17-18,20,23,27H,5-6,9-14,16H2,1H3,(H,26,29)/t17-,18+,23+/m0/s1. The van der Waals surface area contributed by atoms with Crippen molar-refractivity contribution in [3.8, 4) is 5.75 Å². The van der Waals surface area contributed by atoms with Crippen LogP contribution in [0.3, 0.4) is 0 Å². The second-order valence-corrected chi connectivity index (χ2v) is 13.1. The van der Waals surface area contributed by atoms with Crippen LogP contribution in [0, 0.1) is 11.8 Å². The molecule has 3 fully saturated rings. The highest BCUT2D eigenvalue weighted by molar-refractivity contribution is 7.91. The van der Waals surface area contributed by atoms with E-state index in [1.54, 1.807) is 47.8 Å². The summed E-state index contributed by atoms with van der Waals surface area (Å²) in [5.74, 6) is 2.14. The topological polar surface area (TPSA) is 87.7 Å². The van der Waals surface area contributed by atoms with Gasteiger partial charge in [0, 0.05) is 35.6 Å². The number of piperidine rings is 1. The van der Waals surface area contributed by atoms with Crippen LogP contribution in [0.2, 0.25) is 0 Å². The fourth-order valence-corrected chi connectivity index (χ4v) is 8.69. The minimum Gasteiger partial charge on any atom is -0.497 e. The van der Waals surface area contributed by atoms with Gasteiger partial charge in [0.15, 0.2) is 0 Å². The lowest BCUT2D eigenvalue weighted by molar-refractivity contribution is 0.0951. The Bertz CT molecular complexity index is 1120. The van der Waals surface area contributed by atoms with Crippen molar-refractivity contribution >= 4 is 27.3 Å². The van der Waals surface area contributed by atoms with E-state index in [2.05, 4.69) is 10.6 Å². The molecule has 3 aliphatic rings. The number of hydrogen-bond donors (Lipinski definition) is 2. The predicted octanol–water partition coefficient (Wildman–Crippen LogP) is 3.62. The van der Waals surface area contributed by atoms with Crippen molar-refractivity contribution in [1.82, 2.24) is 14.9 Å². The Hall–Kier alpha value is -1.94. The van der Waals surface area contributed by atoms with E-state index in [0.29, 0.717) is 40.7 Å². The number of amides is 1. The summed E-state index contributed by atoms with van der Waals surface area (Å²) < 4.78 is 33.5.